The summed E-state index contributed by atoms with van der Waals surface area (Å²) in [6, 6.07) is 3.95. The first-order valence-corrected chi connectivity index (χ1v) is 11.0. The van der Waals surface area contributed by atoms with Crippen molar-refractivity contribution in [2.24, 2.45) is 0 Å². The average Bonchev–Trinajstić information content (AvgIpc) is 3.22. The summed E-state index contributed by atoms with van der Waals surface area (Å²) in [6.45, 7) is 5.03. The third-order valence-corrected chi connectivity index (χ3v) is 6.29. The average molecular weight is 393 g/mol. The van der Waals surface area contributed by atoms with Crippen molar-refractivity contribution in [1.82, 2.24) is 4.90 Å². The zero-order valence-corrected chi connectivity index (χ0v) is 17.2. The number of unbranched alkanes of at least 4 members (excludes halogenated alkanes) is 4. The van der Waals surface area contributed by atoms with E-state index in [2.05, 4.69) is 11.8 Å². The molecular weight excluding hydrogens is 364 g/mol. The number of hydrogen-bond donors (Lipinski definition) is 0. The molecule has 0 atom stereocenters. The lowest BCUT2D eigenvalue weighted by molar-refractivity contribution is -0.122. The molecule has 26 heavy (non-hydrogen) atoms. The minimum Gasteiger partial charge on any atom is -0.441 e. The number of carbonyl (C=O) groups is 1. The summed E-state index contributed by atoms with van der Waals surface area (Å²) in [7, 11) is 0. The molecule has 0 bridgehead atoms. The van der Waals surface area contributed by atoms with Crippen LogP contribution >= 0.6 is 24.0 Å². The van der Waals surface area contributed by atoms with Gasteiger partial charge in [0.1, 0.15) is 10.1 Å². The van der Waals surface area contributed by atoms with E-state index >= 15 is 0 Å². The van der Waals surface area contributed by atoms with E-state index in [1.165, 1.54) is 50.3 Å². The van der Waals surface area contributed by atoms with Gasteiger partial charge in [0.2, 0.25) is 0 Å². The molecular formula is C20H28N2O2S2. The van der Waals surface area contributed by atoms with Gasteiger partial charge in [0.05, 0.1) is 4.91 Å². The van der Waals surface area contributed by atoms with Crippen LogP contribution in [-0.4, -0.2) is 34.8 Å². The summed E-state index contributed by atoms with van der Waals surface area (Å²) in [5.74, 6) is 1.66. The Labute approximate surface area is 166 Å². The summed E-state index contributed by atoms with van der Waals surface area (Å²) < 4.78 is 6.62. The number of amides is 1. The topological polar surface area (TPSA) is 36.7 Å². The number of piperidine rings is 1. The minimum absolute atomic E-state index is 0.0198. The predicted octanol–water partition coefficient (Wildman–Crippen LogP) is 5.44. The molecule has 1 amide bonds. The van der Waals surface area contributed by atoms with E-state index in [-0.39, 0.29) is 5.91 Å². The molecule has 0 N–H and O–H groups in total. The van der Waals surface area contributed by atoms with Gasteiger partial charge in [-0.1, -0.05) is 56.6 Å². The van der Waals surface area contributed by atoms with E-state index < -0.39 is 0 Å². The second-order valence-corrected chi connectivity index (χ2v) is 8.65. The maximum Gasteiger partial charge on any atom is 0.266 e. The van der Waals surface area contributed by atoms with Gasteiger partial charge in [-0.25, -0.2) is 0 Å². The van der Waals surface area contributed by atoms with E-state index in [0.29, 0.717) is 9.23 Å². The first-order valence-electron chi connectivity index (χ1n) is 9.79. The van der Waals surface area contributed by atoms with Crippen LogP contribution in [0.3, 0.4) is 0 Å². The number of carbonyl (C=O) groups excluding carboxylic acids is 1. The van der Waals surface area contributed by atoms with Gasteiger partial charge in [-0.15, -0.1) is 0 Å². The minimum atomic E-state index is 0.0198. The fourth-order valence-corrected chi connectivity index (χ4v) is 4.69. The molecule has 2 saturated heterocycles. The number of thioether (sulfide) groups is 1. The number of furan rings is 1. The second-order valence-electron chi connectivity index (χ2n) is 6.97. The maximum absolute atomic E-state index is 12.6. The molecule has 0 saturated carbocycles. The lowest BCUT2D eigenvalue weighted by atomic mass is 10.1. The van der Waals surface area contributed by atoms with E-state index in [1.807, 2.05) is 18.2 Å². The van der Waals surface area contributed by atoms with Crippen LogP contribution in [0.15, 0.2) is 21.5 Å². The number of anilines is 1. The van der Waals surface area contributed by atoms with Gasteiger partial charge >= 0.3 is 0 Å². The van der Waals surface area contributed by atoms with Gasteiger partial charge in [0.15, 0.2) is 5.88 Å². The molecule has 2 aliphatic rings. The molecule has 0 unspecified atom stereocenters. The molecule has 0 aromatic carbocycles. The van der Waals surface area contributed by atoms with Gasteiger partial charge in [0, 0.05) is 31.8 Å². The Morgan fingerprint density at radius 2 is 1.92 bits per heavy atom. The summed E-state index contributed by atoms with van der Waals surface area (Å²) in [4.78, 5) is 17.3. The third kappa shape index (κ3) is 4.92. The Bertz CT molecular complexity index is 663. The molecule has 3 rings (SSSR count). The lowest BCUT2D eigenvalue weighted by Gasteiger charge is -2.25. The molecule has 1 aromatic rings. The van der Waals surface area contributed by atoms with Crippen molar-refractivity contribution in [3.63, 3.8) is 0 Å². The summed E-state index contributed by atoms with van der Waals surface area (Å²) in [5.41, 5.74) is 0. The first-order chi connectivity index (χ1) is 12.7. The van der Waals surface area contributed by atoms with E-state index in [1.54, 1.807) is 4.90 Å². The fraction of sp³-hybridized carbons (Fsp3) is 0.600. The van der Waals surface area contributed by atoms with Gasteiger partial charge in [0.25, 0.3) is 5.91 Å². The zero-order chi connectivity index (χ0) is 18.4. The SMILES string of the molecule is CCCCCCCN1C(=O)/C(=C\c2ccc(N3CCCCC3)o2)SC1=S. The van der Waals surface area contributed by atoms with Crippen LogP contribution < -0.4 is 4.90 Å². The van der Waals surface area contributed by atoms with Crippen LogP contribution in [0.25, 0.3) is 6.08 Å². The highest BCUT2D eigenvalue weighted by Gasteiger charge is 2.31. The van der Waals surface area contributed by atoms with Gasteiger partial charge in [-0.3, -0.25) is 9.69 Å². The van der Waals surface area contributed by atoms with Crippen molar-refractivity contribution >= 4 is 46.2 Å². The van der Waals surface area contributed by atoms with Crippen molar-refractivity contribution < 1.29 is 9.21 Å². The number of nitrogens with zero attached hydrogens (tertiary/aromatic N) is 2. The highest BCUT2D eigenvalue weighted by atomic mass is 32.2. The summed E-state index contributed by atoms with van der Waals surface area (Å²) in [6.07, 6.45) is 11.4. The summed E-state index contributed by atoms with van der Waals surface area (Å²) >= 11 is 6.79. The molecule has 0 radical (unpaired) electrons. The van der Waals surface area contributed by atoms with Crippen LogP contribution in [0.2, 0.25) is 0 Å². The molecule has 6 heteroatoms. The number of rotatable bonds is 8. The largest absolute Gasteiger partial charge is 0.441 e. The monoisotopic (exact) mass is 392 g/mol. The Morgan fingerprint density at radius 1 is 1.15 bits per heavy atom. The van der Waals surface area contributed by atoms with Gasteiger partial charge in [-0.05, 0) is 31.7 Å². The fourth-order valence-electron chi connectivity index (χ4n) is 3.40. The first kappa shape index (κ1) is 19.5. The van der Waals surface area contributed by atoms with E-state index in [4.69, 9.17) is 16.6 Å². The molecule has 2 aliphatic heterocycles. The standard InChI is InChI=1S/C20H28N2O2S2/c1-2-3-4-5-9-14-22-19(23)17(26-20(22)25)15-16-10-11-18(24-16)21-12-7-6-8-13-21/h10-11,15H,2-9,12-14H2,1H3/b17-15+. The number of thiocarbonyl (C=S) groups is 1. The molecule has 142 valence electrons. The molecule has 2 fully saturated rings. The maximum atomic E-state index is 12.6. The van der Waals surface area contributed by atoms with Crippen molar-refractivity contribution in [1.29, 1.82) is 0 Å². The summed E-state index contributed by atoms with van der Waals surface area (Å²) in [5, 5.41) is 0. The smallest absolute Gasteiger partial charge is 0.266 e. The van der Waals surface area contributed by atoms with E-state index in [9.17, 15) is 4.79 Å². The van der Waals surface area contributed by atoms with E-state index in [0.717, 1.165) is 44.1 Å². The predicted molar refractivity (Wildman–Crippen MR) is 113 cm³/mol. The number of hydrogen-bond acceptors (Lipinski definition) is 5. The van der Waals surface area contributed by atoms with Crippen molar-refractivity contribution in [3.8, 4) is 0 Å². The van der Waals surface area contributed by atoms with Crippen LogP contribution in [0.4, 0.5) is 5.88 Å². The Hall–Kier alpha value is -1.27. The zero-order valence-electron chi connectivity index (χ0n) is 15.5. The normalized spacial score (nSPS) is 19.8. The Balaban J connectivity index is 1.58. The molecule has 0 aliphatic carbocycles. The van der Waals surface area contributed by atoms with Crippen molar-refractivity contribution in [3.05, 3.63) is 22.8 Å². The van der Waals surface area contributed by atoms with Crippen molar-refractivity contribution in [2.75, 3.05) is 24.5 Å². The van der Waals surface area contributed by atoms with Gasteiger partial charge in [-0.2, -0.15) is 0 Å². The second kappa shape index (κ2) is 9.60. The van der Waals surface area contributed by atoms with Crippen LogP contribution in [0.1, 0.15) is 64.1 Å². The third-order valence-electron chi connectivity index (χ3n) is 4.91. The Kier molecular flexibility index (Phi) is 7.20. The highest BCUT2D eigenvalue weighted by molar-refractivity contribution is 8.26. The van der Waals surface area contributed by atoms with Crippen LogP contribution in [-0.2, 0) is 4.79 Å². The molecule has 0 spiro atoms. The van der Waals surface area contributed by atoms with Gasteiger partial charge < -0.3 is 9.32 Å². The van der Waals surface area contributed by atoms with Crippen LogP contribution in [0.5, 0.6) is 0 Å². The molecule has 4 nitrogen and oxygen atoms in total. The lowest BCUT2D eigenvalue weighted by Crippen LogP contribution is -2.29. The molecule has 1 aromatic heterocycles. The molecule has 3 heterocycles. The quantitative estimate of drug-likeness (QED) is 0.334. The van der Waals surface area contributed by atoms with Crippen molar-refractivity contribution in [2.45, 2.75) is 58.3 Å². The van der Waals surface area contributed by atoms with Crippen LogP contribution in [0, 0.1) is 0 Å². The highest BCUT2D eigenvalue weighted by Crippen LogP contribution is 2.34. The Morgan fingerprint density at radius 3 is 2.69 bits per heavy atom.